The van der Waals surface area contributed by atoms with Gasteiger partial charge < -0.3 is 15.2 Å². The van der Waals surface area contributed by atoms with Crippen molar-refractivity contribution in [2.75, 3.05) is 18.0 Å². The maximum Gasteiger partial charge on any atom is 0.412 e. The first kappa shape index (κ1) is 19.6. The Bertz CT molecular complexity index is 1120. The molecule has 2 N–H and O–H groups in total. The normalized spacial score (nSPS) is 18.4. The number of aromatic nitrogens is 2. The fourth-order valence-corrected chi connectivity index (χ4v) is 4.20. The van der Waals surface area contributed by atoms with Crippen molar-refractivity contribution >= 4 is 11.8 Å². The average molecular weight is 422 g/mol. The van der Waals surface area contributed by atoms with Crippen LogP contribution in [0.15, 0.2) is 48.8 Å². The molecule has 1 amide bonds. The van der Waals surface area contributed by atoms with E-state index in [2.05, 4.69) is 10.4 Å². The molecule has 5 rings (SSSR count). The SMILES string of the molecule is C[C@H]1CCc2c(ccc(-c3cnn(C4CNC4)c3)c2Oc2ccc(F)cc2)N1C(=O)O. The minimum absolute atomic E-state index is 0.122. The first-order valence-electron chi connectivity index (χ1n) is 10.4. The van der Waals surface area contributed by atoms with Gasteiger partial charge in [0.1, 0.15) is 17.3 Å². The van der Waals surface area contributed by atoms with Crippen LogP contribution in [-0.2, 0) is 6.42 Å². The summed E-state index contributed by atoms with van der Waals surface area (Å²) in [6.07, 6.45) is 4.18. The number of amides is 1. The second-order valence-corrected chi connectivity index (χ2v) is 8.06. The second kappa shape index (κ2) is 7.70. The molecule has 0 aliphatic carbocycles. The van der Waals surface area contributed by atoms with Gasteiger partial charge in [-0.3, -0.25) is 9.58 Å². The van der Waals surface area contributed by atoms with Crippen molar-refractivity contribution in [2.45, 2.75) is 31.8 Å². The van der Waals surface area contributed by atoms with Gasteiger partial charge in [0.25, 0.3) is 0 Å². The third-order valence-corrected chi connectivity index (χ3v) is 6.03. The van der Waals surface area contributed by atoms with E-state index in [1.807, 2.05) is 29.9 Å². The Morgan fingerprint density at radius 2 is 2.00 bits per heavy atom. The number of anilines is 1. The van der Waals surface area contributed by atoms with Gasteiger partial charge in [0, 0.05) is 42.0 Å². The quantitative estimate of drug-likeness (QED) is 0.650. The largest absolute Gasteiger partial charge is 0.465 e. The minimum Gasteiger partial charge on any atom is -0.465 e. The molecule has 0 radical (unpaired) electrons. The summed E-state index contributed by atoms with van der Waals surface area (Å²) >= 11 is 0. The molecule has 1 saturated heterocycles. The number of carbonyl (C=O) groups is 1. The van der Waals surface area contributed by atoms with E-state index in [-0.39, 0.29) is 11.9 Å². The minimum atomic E-state index is -0.987. The van der Waals surface area contributed by atoms with Gasteiger partial charge in [0.15, 0.2) is 0 Å². The molecule has 7 nitrogen and oxygen atoms in total. The Kier molecular flexibility index (Phi) is 4.86. The summed E-state index contributed by atoms with van der Waals surface area (Å²) in [7, 11) is 0. The summed E-state index contributed by atoms with van der Waals surface area (Å²) in [6.45, 7) is 3.67. The van der Waals surface area contributed by atoms with Crippen LogP contribution in [0.3, 0.4) is 0 Å². The van der Waals surface area contributed by atoms with E-state index < -0.39 is 6.09 Å². The van der Waals surface area contributed by atoms with Crippen LogP contribution in [0, 0.1) is 5.82 Å². The van der Waals surface area contributed by atoms with Crippen LogP contribution >= 0.6 is 0 Å². The Hall–Kier alpha value is -3.39. The monoisotopic (exact) mass is 422 g/mol. The lowest BCUT2D eigenvalue weighted by atomic mass is 9.92. The molecule has 2 aliphatic heterocycles. The van der Waals surface area contributed by atoms with E-state index in [1.165, 1.54) is 17.0 Å². The van der Waals surface area contributed by atoms with Crippen molar-refractivity contribution in [3.8, 4) is 22.6 Å². The molecule has 3 aromatic rings. The van der Waals surface area contributed by atoms with Crippen molar-refractivity contribution in [3.05, 3.63) is 60.2 Å². The zero-order valence-corrected chi connectivity index (χ0v) is 17.1. The Balaban J connectivity index is 1.62. The summed E-state index contributed by atoms with van der Waals surface area (Å²) in [5.74, 6) is 0.740. The first-order chi connectivity index (χ1) is 15.0. The first-order valence-corrected chi connectivity index (χ1v) is 10.4. The van der Waals surface area contributed by atoms with Gasteiger partial charge in [-0.2, -0.15) is 5.10 Å². The van der Waals surface area contributed by atoms with E-state index in [0.717, 1.165) is 29.8 Å². The molecule has 160 valence electrons. The number of hydrogen-bond acceptors (Lipinski definition) is 4. The molecule has 1 fully saturated rings. The fraction of sp³-hybridized carbons (Fsp3) is 0.304. The van der Waals surface area contributed by atoms with Gasteiger partial charge in [0.2, 0.25) is 0 Å². The summed E-state index contributed by atoms with van der Waals surface area (Å²) < 4.78 is 21.6. The number of rotatable bonds is 4. The summed E-state index contributed by atoms with van der Waals surface area (Å²) in [4.78, 5) is 13.3. The van der Waals surface area contributed by atoms with E-state index in [4.69, 9.17) is 4.74 Å². The number of nitrogens with zero attached hydrogens (tertiary/aromatic N) is 3. The van der Waals surface area contributed by atoms with Crippen molar-refractivity contribution < 1.29 is 19.0 Å². The molecule has 0 saturated carbocycles. The van der Waals surface area contributed by atoms with Gasteiger partial charge in [-0.15, -0.1) is 0 Å². The maximum absolute atomic E-state index is 13.4. The van der Waals surface area contributed by atoms with E-state index in [0.29, 0.717) is 36.1 Å². The number of carboxylic acid groups (broad SMARTS) is 1. The van der Waals surface area contributed by atoms with Crippen LogP contribution in [0.5, 0.6) is 11.5 Å². The van der Waals surface area contributed by atoms with Crippen LogP contribution < -0.4 is 15.0 Å². The summed E-state index contributed by atoms with van der Waals surface area (Å²) in [5, 5.41) is 17.5. The highest BCUT2D eigenvalue weighted by Crippen LogP contribution is 2.44. The predicted octanol–water partition coefficient (Wildman–Crippen LogP) is 4.44. The van der Waals surface area contributed by atoms with Gasteiger partial charge in [-0.25, -0.2) is 9.18 Å². The van der Waals surface area contributed by atoms with Crippen LogP contribution in [0.25, 0.3) is 11.1 Å². The maximum atomic E-state index is 13.4. The van der Waals surface area contributed by atoms with Crippen LogP contribution in [0.1, 0.15) is 24.9 Å². The summed E-state index contributed by atoms with van der Waals surface area (Å²) in [6, 6.07) is 9.76. The molecule has 1 atom stereocenters. The third kappa shape index (κ3) is 3.53. The van der Waals surface area contributed by atoms with E-state index in [9.17, 15) is 14.3 Å². The lowest BCUT2D eigenvalue weighted by Gasteiger charge is -2.34. The predicted molar refractivity (Wildman–Crippen MR) is 114 cm³/mol. The van der Waals surface area contributed by atoms with Gasteiger partial charge in [-0.05, 0) is 56.2 Å². The molecule has 3 heterocycles. The van der Waals surface area contributed by atoms with E-state index in [1.54, 1.807) is 18.3 Å². The van der Waals surface area contributed by atoms with E-state index >= 15 is 0 Å². The van der Waals surface area contributed by atoms with Crippen molar-refractivity contribution in [1.82, 2.24) is 15.1 Å². The van der Waals surface area contributed by atoms with Crippen molar-refractivity contribution in [3.63, 3.8) is 0 Å². The highest BCUT2D eigenvalue weighted by molar-refractivity contribution is 5.91. The van der Waals surface area contributed by atoms with Gasteiger partial charge in [-0.1, -0.05) is 0 Å². The highest BCUT2D eigenvalue weighted by atomic mass is 19.1. The molecule has 1 aromatic heterocycles. The van der Waals surface area contributed by atoms with Crippen LogP contribution in [-0.4, -0.2) is 40.1 Å². The zero-order valence-electron chi connectivity index (χ0n) is 17.1. The molecular formula is C23H23FN4O3. The number of benzene rings is 2. The fourth-order valence-electron chi connectivity index (χ4n) is 4.20. The molecule has 0 bridgehead atoms. The number of ether oxygens (including phenoxy) is 1. The topological polar surface area (TPSA) is 79.6 Å². The molecule has 0 spiro atoms. The second-order valence-electron chi connectivity index (χ2n) is 8.06. The third-order valence-electron chi connectivity index (χ3n) is 6.03. The number of halogens is 1. The molecule has 8 heteroatoms. The smallest absolute Gasteiger partial charge is 0.412 e. The van der Waals surface area contributed by atoms with Crippen LogP contribution in [0.4, 0.5) is 14.9 Å². The Morgan fingerprint density at radius 3 is 2.68 bits per heavy atom. The standard InChI is InChI=1S/C23H23FN4O3/c1-14-2-7-20-21(28(14)23(29)30)9-8-19(15-10-26-27(13-15)17-11-25-12-17)22(20)31-18-5-3-16(24)4-6-18/h3-6,8-10,13-14,17,25H,2,7,11-12H2,1H3,(H,29,30)/t14-/m0/s1. The van der Waals surface area contributed by atoms with Crippen LogP contribution in [0.2, 0.25) is 0 Å². The molecule has 2 aliphatic rings. The molecular weight excluding hydrogens is 399 g/mol. The van der Waals surface area contributed by atoms with Gasteiger partial charge >= 0.3 is 6.09 Å². The Morgan fingerprint density at radius 1 is 1.23 bits per heavy atom. The average Bonchev–Trinajstić information content (AvgIpc) is 3.17. The Labute approximate surface area is 179 Å². The lowest BCUT2D eigenvalue weighted by Crippen LogP contribution is -2.43. The molecule has 2 aromatic carbocycles. The lowest BCUT2D eigenvalue weighted by molar-refractivity contribution is 0.198. The number of nitrogens with one attached hydrogen (secondary N) is 1. The number of hydrogen-bond donors (Lipinski definition) is 2. The summed E-state index contributed by atoms with van der Waals surface area (Å²) in [5.41, 5.74) is 3.19. The highest BCUT2D eigenvalue weighted by Gasteiger charge is 2.32. The van der Waals surface area contributed by atoms with Gasteiger partial charge in [0.05, 0.1) is 17.9 Å². The number of fused-ring (bicyclic) bond motifs is 1. The molecule has 0 unspecified atom stereocenters. The zero-order chi connectivity index (χ0) is 21.5. The van der Waals surface area contributed by atoms with Crippen molar-refractivity contribution in [1.29, 1.82) is 0 Å². The molecule has 31 heavy (non-hydrogen) atoms. The van der Waals surface area contributed by atoms with Crippen molar-refractivity contribution in [2.24, 2.45) is 0 Å².